The Kier molecular flexibility index (Phi) is 3.67. The number of rotatable bonds is 1. The molecule has 0 spiro atoms. The quantitative estimate of drug-likeness (QED) is 0.427. The van der Waals surface area contributed by atoms with Crippen LogP contribution >= 0.6 is 0 Å². The first kappa shape index (κ1) is 13.8. The normalized spacial score (nSPS) is 12.5. The van der Waals surface area contributed by atoms with Crippen LogP contribution in [-0.2, 0) is 16.5 Å². The predicted molar refractivity (Wildman–Crippen MR) is 62.6 cm³/mol. The fourth-order valence-corrected chi connectivity index (χ4v) is 2.80. The zero-order valence-electron chi connectivity index (χ0n) is 9.88. The summed E-state index contributed by atoms with van der Waals surface area (Å²) < 4.78 is 32.9. The van der Waals surface area contributed by atoms with Gasteiger partial charge in [0.1, 0.15) is 10.1 Å². The van der Waals surface area contributed by atoms with Crippen LogP contribution in [0.25, 0.3) is 11.1 Å². The van der Waals surface area contributed by atoms with E-state index in [4.69, 9.17) is 0 Å². The van der Waals surface area contributed by atoms with Gasteiger partial charge in [-0.25, -0.2) is 8.42 Å². The Morgan fingerprint density at radius 1 is 0.944 bits per heavy atom. The van der Waals surface area contributed by atoms with Crippen molar-refractivity contribution in [1.82, 2.24) is 0 Å². The van der Waals surface area contributed by atoms with Crippen molar-refractivity contribution < 1.29 is 42.5 Å². The summed E-state index contributed by atoms with van der Waals surface area (Å²) >= 11 is 0. The van der Waals surface area contributed by atoms with Gasteiger partial charge in [-0.1, -0.05) is 30.3 Å². The Hall–Kier alpha value is -0.650. The van der Waals surface area contributed by atoms with Gasteiger partial charge in [0.2, 0.25) is 0 Å². The van der Waals surface area contributed by atoms with Crippen LogP contribution in [0.3, 0.4) is 0 Å². The molecule has 2 aromatic rings. The third-order valence-corrected chi connectivity index (χ3v) is 3.89. The fraction of sp³-hybridized carbons (Fsp3) is 0.0769. The van der Waals surface area contributed by atoms with Crippen molar-refractivity contribution in [2.75, 3.05) is 0 Å². The molecule has 0 aromatic heterocycles. The monoisotopic (exact) mass is 268 g/mol. The molecule has 0 saturated carbocycles. The third-order valence-electron chi connectivity index (χ3n) is 3.05. The number of fused-ring (bicyclic) bond motifs is 3. The van der Waals surface area contributed by atoms with E-state index >= 15 is 0 Å². The summed E-state index contributed by atoms with van der Waals surface area (Å²) in [5.41, 5.74) is 4.22. The summed E-state index contributed by atoms with van der Waals surface area (Å²) in [7, 11) is -4.36. The molecule has 2 aromatic carbocycles. The van der Waals surface area contributed by atoms with Crippen molar-refractivity contribution in [3.05, 3.63) is 53.6 Å². The molecule has 0 heterocycles. The van der Waals surface area contributed by atoms with Gasteiger partial charge in [0, 0.05) is 0 Å². The van der Waals surface area contributed by atoms with Crippen molar-refractivity contribution in [2.24, 2.45) is 0 Å². The molecule has 18 heavy (non-hydrogen) atoms. The molecule has 0 N–H and O–H groups in total. The van der Waals surface area contributed by atoms with Crippen LogP contribution < -0.4 is 29.6 Å². The molecule has 0 aliphatic heterocycles. The Morgan fingerprint density at radius 2 is 1.61 bits per heavy atom. The zero-order chi connectivity index (χ0) is 12.0. The molecule has 0 fully saturated rings. The standard InChI is InChI=1S/C13H10O3S.Na/c14-17(15,16)11-5-6-13-10(8-11)7-9-3-1-2-4-12(9)13;/h1-6,8H,7H2,(H,14,15,16);/q;+1/p-1. The minimum Gasteiger partial charge on any atom is -0.744 e. The first-order chi connectivity index (χ1) is 8.05. The number of benzene rings is 2. The van der Waals surface area contributed by atoms with E-state index in [1.165, 1.54) is 17.7 Å². The van der Waals surface area contributed by atoms with Crippen LogP contribution in [0.1, 0.15) is 11.1 Å². The Morgan fingerprint density at radius 3 is 2.33 bits per heavy atom. The van der Waals surface area contributed by atoms with Crippen LogP contribution in [0.4, 0.5) is 0 Å². The zero-order valence-corrected chi connectivity index (χ0v) is 12.7. The molecular weight excluding hydrogens is 259 g/mol. The molecule has 1 aliphatic carbocycles. The summed E-state index contributed by atoms with van der Waals surface area (Å²) in [6, 6.07) is 12.5. The smallest absolute Gasteiger partial charge is 0.744 e. The van der Waals surface area contributed by atoms with Gasteiger partial charge in [-0.05, 0) is 40.8 Å². The largest absolute Gasteiger partial charge is 1.00 e. The van der Waals surface area contributed by atoms with Crippen molar-refractivity contribution in [3.8, 4) is 11.1 Å². The molecule has 0 radical (unpaired) electrons. The second-order valence-corrected chi connectivity index (χ2v) is 5.49. The van der Waals surface area contributed by atoms with E-state index < -0.39 is 10.1 Å². The summed E-state index contributed by atoms with van der Waals surface area (Å²) in [5.74, 6) is 0. The average Bonchev–Trinajstić information content (AvgIpc) is 2.65. The van der Waals surface area contributed by atoms with Gasteiger partial charge in [0.05, 0.1) is 4.90 Å². The number of hydrogen-bond acceptors (Lipinski definition) is 3. The van der Waals surface area contributed by atoms with Crippen LogP contribution in [0, 0.1) is 0 Å². The first-order valence-electron chi connectivity index (χ1n) is 5.23. The summed E-state index contributed by atoms with van der Waals surface area (Å²) in [4.78, 5) is -0.149. The second-order valence-electron chi connectivity index (χ2n) is 4.11. The number of hydrogen-bond donors (Lipinski definition) is 0. The topological polar surface area (TPSA) is 57.2 Å². The van der Waals surface area contributed by atoms with Crippen molar-refractivity contribution in [2.45, 2.75) is 11.3 Å². The van der Waals surface area contributed by atoms with Crippen LogP contribution in [-0.4, -0.2) is 13.0 Å². The SMILES string of the molecule is O=S(=O)([O-])c1ccc2c(c1)Cc1ccccc1-2.[Na+]. The Bertz CT molecular complexity index is 708. The van der Waals surface area contributed by atoms with Gasteiger partial charge in [0.15, 0.2) is 0 Å². The van der Waals surface area contributed by atoms with E-state index in [1.54, 1.807) is 6.07 Å². The van der Waals surface area contributed by atoms with Crippen molar-refractivity contribution in [3.63, 3.8) is 0 Å². The van der Waals surface area contributed by atoms with Crippen LogP contribution in [0.2, 0.25) is 0 Å². The second kappa shape index (κ2) is 4.79. The van der Waals surface area contributed by atoms with Gasteiger partial charge >= 0.3 is 29.6 Å². The van der Waals surface area contributed by atoms with Gasteiger partial charge in [-0.15, -0.1) is 0 Å². The molecular formula is C13H9NaO3S. The van der Waals surface area contributed by atoms with Gasteiger partial charge in [-0.3, -0.25) is 0 Å². The van der Waals surface area contributed by atoms with Crippen molar-refractivity contribution >= 4 is 10.1 Å². The average molecular weight is 268 g/mol. The Balaban J connectivity index is 0.00000120. The molecule has 0 atom stereocenters. The minimum absolute atomic E-state index is 0. The predicted octanol–water partition coefficient (Wildman–Crippen LogP) is -0.834. The molecule has 0 bridgehead atoms. The molecule has 5 heteroatoms. The molecule has 0 unspecified atom stereocenters. The molecule has 1 aliphatic rings. The first-order valence-corrected chi connectivity index (χ1v) is 6.63. The maximum Gasteiger partial charge on any atom is 1.00 e. The van der Waals surface area contributed by atoms with Gasteiger partial charge < -0.3 is 4.55 Å². The molecule has 86 valence electrons. The van der Waals surface area contributed by atoms with Gasteiger partial charge in [0.25, 0.3) is 0 Å². The molecule has 0 amide bonds. The summed E-state index contributed by atoms with van der Waals surface area (Å²) in [5, 5.41) is 0. The maximum atomic E-state index is 11.0. The van der Waals surface area contributed by atoms with Crippen LogP contribution in [0.15, 0.2) is 47.4 Å². The molecule has 3 rings (SSSR count). The third kappa shape index (κ3) is 2.27. The fourth-order valence-electron chi connectivity index (χ4n) is 2.28. The maximum absolute atomic E-state index is 11.0. The molecule has 3 nitrogen and oxygen atoms in total. The van der Waals surface area contributed by atoms with E-state index in [9.17, 15) is 13.0 Å². The van der Waals surface area contributed by atoms with Crippen molar-refractivity contribution in [1.29, 1.82) is 0 Å². The molecule has 0 saturated heterocycles. The summed E-state index contributed by atoms with van der Waals surface area (Å²) in [6.07, 6.45) is 0.689. The van der Waals surface area contributed by atoms with E-state index in [2.05, 4.69) is 0 Å². The van der Waals surface area contributed by atoms with Gasteiger partial charge in [-0.2, -0.15) is 0 Å². The van der Waals surface area contributed by atoms with Crippen LogP contribution in [0.5, 0.6) is 0 Å². The van der Waals surface area contributed by atoms with E-state index in [1.807, 2.05) is 24.3 Å². The minimum atomic E-state index is -4.36. The van der Waals surface area contributed by atoms with E-state index in [0.717, 1.165) is 16.7 Å². The summed E-state index contributed by atoms with van der Waals surface area (Å²) in [6.45, 7) is 0. The Labute approximate surface area is 128 Å². The van der Waals surface area contributed by atoms with E-state index in [0.29, 0.717) is 6.42 Å². The van der Waals surface area contributed by atoms with E-state index in [-0.39, 0.29) is 34.5 Å².